The predicted octanol–water partition coefficient (Wildman–Crippen LogP) is 4.46. The minimum absolute atomic E-state index is 0.168. The van der Waals surface area contributed by atoms with Crippen LogP contribution in [-0.2, 0) is 4.84 Å². The Bertz CT molecular complexity index is 1170. The Morgan fingerprint density at radius 1 is 1.12 bits per heavy atom. The maximum Gasteiger partial charge on any atom is 0.178 e. The van der Waals surface area contributed by atoms with Crippen molar-refractivity contribution >= 4 is 23.2 Å². The van der Waals surface area contributed by atoms with E-state index in [-0.39, 0.29) is 17.3 Å². The molecule has 1 aliphatic carbocycles. The molecule has 2 fully saturated rings. The number of nitriles is 1. The Hall–Kier alpha value is -3.38. The molecule has 9 heteroatoms. The van der Waals surface area contributed by atoms with Crippen LogP contribution in [0.4, 0.5) is 11.6 Å². The second-order valence-corrected chi connectivity index (χ2v) is 9.16. The van der Waals surface area contributed by atoms with Gasteiger partial charge in [0.2, 0.25) is 0 Å². The van der Waals surface area contributed by atoms with Gasteiger partial charge in [-0.05, 0) is 42.7 Å². The normalized spacial score (nSPS) is 17.9. The summed E-state index contributed by atoms with van der Waals surface area (Å²) < 4.78 is 5.89. The van der Waals surface area contributed by atoms with E-state index < -0.39 is 6.10 Å². The van der Waals surface area contributed by atoms with Crippen molar-refractivity contribution in [3.8, 4) is 28.7 Å². The van der Waals surface area contributed by atoms with E-state index in [4.69, 9.17) is 32.2 Å². The molecule has 1 saturated heterocycles. The minimum Gasteiger partial charge on any atom is -0.457 e. The van der Waals surface area contributed by atoms with E-state index >= 15 is 0 Å². The van der Waals surface area contributed by atoms with E-state index in [9.17, 15) is 0 Å². The van der Waals surface area contributed by atoms with Crippen molar-refractivity contribution in [3.63, 3.8) is 0 Å². The topological polar surface area (TPSA) is 109 Å². The van der Waals surface area contributed by atoms with E-state index in [0.29, 0.717) is 5.82 Å². The summed E-state index contributed by atoms with van der Waals surface area (Å²) in [5, 5.41) is 14.4. The fraction of sp³-hybridized carbons (Fsp3) is 0.320. The van der Waals surface area contributed by atoms with Crippen LogP contribution in [0.15, 0.2) is 60.9 Å². The van der Waals surface area contributed by atoms with Crippen LogP contribution in [0.1, 0.15) is 12.8 Å². The Kier molecular flexibility index (Phi) is 6.24. The lowest BCUT2D eigenvalue weighted by Gasteiger charge is -2.58. The number of nitrogens with two attached hydrogens (primary N) is 1. The number of halogens is 1. The number of ether oxygens (including phenoxy) is 1. The van der Waals surface area contributed by atoms with E-state index in [1.165, 1.54) is 6.33 Å². The number of benzene rings is 2. The third-order valence-electron chi connectivity index (χ3n) is 6.28. The molecule has 1 aromatic heterocycles. The number of aromatic nitrogens is 2. The number of hydrogen-bond donors (Lipinski definition) is 2. The number of nitrogens with zero attached hydrogens (tertiary/aromatic N) is 4. The second kappa shape index (κ2) is 9.47. The molecule has 1 aliphatic heterocycles. The van der Waals surface area contributed by atoms with E-state index in [1.807, 2.05) is 59.7 Å². The summed E-state index contributed by atoms with van der Waals surface area (Å²) in [5.74, 6) is 2.84. The number of nitrogen functional groups attached to an aromatic ring is 1. The zero-order valence-electron chi connectivity index (χ0n) is 18.5. The van der Waals surface area contributed by atoms with E-state index in [2.05, 4.69) is 21.4 Å². The van der Waals surface area contributed by atoms with Crippen molar-refractivity contribution in [1.29, 1.82) is 5.26 Å². The van der Waals surface area contributed by atoms with Crippen LogP contribution in [-0.4, -0.2) is 46.1 Å². The van der Waals surface area contributed by atoms with Crippen molar-refractivity contribution in [3.05, 3.63) is 60.9 Å². The second-order valence-electron chi connectivity index (χ2n) is 8.85. The quantitative estimate of drug-likeness (QED) is 0.459. The van der Waals surface area contributed by atoms with Crippen molar-refractivity contribution in [2.75, 3.05) is 30.0 Å². The number of para-hydroxylation sites is 1. The van der Waals surface area contributed by atoms with Gasteiger partial charge >= 0.3 is 0 Å². The van der Waals surface area contributed by atoms with Crippen molar-refractivity contribution < 1.29 is 9.57 Å². The van der Waals surface area contributed by atoms with Gasteiger partial charge in [0.15, 0.2) is 6.10 Å². The maximum atomic E-state index is 9.00. The van der Waals surface area contributed by atoms with E-state index in [0.717, 1.165) is 54.4 Å². The summed E-state index contributed by atoms with van der Waals surface area (Å²) in [7, 11) is 0. The van der Waals surface area contributed by atoms with Gasteiger partial charge in [-0.3, -0.25) is 4.84 Å². The molecule has 0 bridgehead atoms. The molecule has 0 amide bonds. The lowest BCUT2D eigenvalue weighted by molar-refractivity contribution is -0.278. The van der Waals surface area contributed by atoms with Crippen LogP contribution in [0, 0.1) is 16.7 Å². The average molecular weight is 477 g/mol. The molecule has 1 atom stereocenters. The van der Waals surface area contributed by atoms with Crippen LogP contribution < -0.4 is 15.8 Å². The van der Waals surface area contributed by atoms with E-state index in [1.54, 1.807) is 0 Å². The summed E-state index contributed by atoms with van der Waals surface area (Å²) in [6, 6.07) is 19.7. The van der Waals surface area contributed by atoms with Crippen LogP contribution in [0.25, 0.3) is 11.1 Å². The molecule has 1 spiro atoms. The van der Waals surface area contributed by atoms with Gasteiger partial charge < -0.3 is 15.8 Å². The standard InChI is InChI=1S/C25H25ClN6O2/c26-12-21(13-27)34-32-14-25(15-32)10-18(11-25)31-24-22(23(28)29-16-30-24)17-6-8-20(9-7-17)33-19-4-2-1-3-5-19/h1-9,16,18,21H,10-12,14-15H2,(H3,28,29,30,31). The first-order valence-electron chi connectivity index (χ1n) is 11.2. The highest BCUT2D eigenvalue weighted by molar-refractivity contribution is 6.18. The molecule has 3 aromatic rings. The highest BCUT2D eigenvalue weighted by atomic mass is 35.5. The summed E-state index contributed by atoms with van der Waals surface area (Å²) in [4.78, 5) is 14.3. The SMILES string of the molecule is N#CC(CCl)ON1CC2(CC(Nc3ncnc(N)c3-c3ccc(Oc4ccccc4)cc3)C2)C1. The van der Waals surface area contributed by atoms with Gasteiger partial charge in [-0.25, -0.2) is 9.97 Å². The van der Waals surface area contributed by atoms with Gasteiger partial charge in [0.1, 0.15) is 29.5 Å². The van der Waals surface area contributed by atoms with Gasteiger partial charge in [-0.15, -0.1) is 11.6 Å². The molecular formula is C25H25ClN6O2. The number of alkyl halides is 1. The van der Waals surface area contributed by atoms with Crippen LogP contribution in [0.2, 0.25) is 0 Å². The smallest absolute Gasteiger partial charge is 0.178 e. The molecule has 174 valence electrons. The zero-order valence-corrected chi connectivity index (χ0v) is 19.3. The molecule has 2 heterocycles. The van der Waals surface area contributed by atoms with Gasteiger partial charge in [-0.1, -0.05) is 30.3 Å². The van der Waals surface area contributed by atoms with Crippen LogP contribution in [0.5, 0.6) is 11.5 Å². The number of anilines is 2. The summed E-state index contributed by atoms with van der Waals surface area (Å²) in [6.45, 7) is 1.61. The Morgan fingerprint density at radius 2 is 1.82 bits per heavy atom. The highest BCUT2D eigenvalue weighted by Gasteiger charge is 2.53. The first kappa shape index (κ1) is 22.4. The summed E-state index contributed by atoms with van der Waals surface area (Å²) >= 11 is 5.73. The van der Waals surface area contributed by atoms with Gasteiger partial charge in [0.05, 0.1) is 17.5 Å². The van der Waals surface area contributed by atoms with Gasteiger partial charge in [0.25, 0.3) is 0 Å². The molecule has 5 rings (SSSR count). The zero-order chi connectivity index (χ0) is 23.5. The molecule has 8 nitrogen and oxygen atoms in total. The third kappa shape index (κ3) is 4.64. The predicted molar refractivity (Wildman–Crippen MR) is 130 cm³/mol. The monoisotopic (exact) mass is 476 g/mol. The van der Waals surface area contributed by atoms with Crippen molar-refractivity contribution in [1.82, 2.24) is 15.0 Å². The van der Waals surface area contributed by atoms with Crippen molar-refractivity contribution in [2.45, 2.75) is 25.0 Å². The van der Waals surface area contributed by atoms with Crippen LogP contribution in [0.3, 0.4) is 0 Å². The highest BCUT2D eigenvalue weighted by Crippen LogP contribution is 2.50. The summed E-state index contributed by atoms with van der Waals surface area (Å²) in [5.41, 5.74) is 8.17. The molecule has 2 aromatic carbocycles. The molecule has 2 aliphatic rings. The number of hydrogen-bond acceptors (Lipinski definition) is 8. The largest absolute Gasteiger partial charge is 0.457 e. The molecule has 3 N–H and O–H groups in total. The first-order valence-corrected chi connectivity index (χ1v) is 11.7. The number of nitrogens with one attached hydrogen (secondary N) is 1. The Balaban J connectivity index is 1.22. The maximum absolute atomic E-state index is 9.00. The first-order chi connectivity index (χ1) is 16.6. The fourth-order valence-electron chi connectivity index (χ4n) is 4.69. The van der Waals surface area contributed by atoms with Crippen LogP contribution >= 0.6 is 11.6 Å². The third-order valence-corrected chi connectivity index (χ3v) is 6.56. The fourth-order valence-corrected chi connectivity index (χ4v) is 4.81. The Labute approximate surface area is 203 Å². The number of hydroxylamine groups is 2. The molecule has 1 unspecified atom stereocenters. The van der Waals surface area contributed by atoms with Gasteiger partial charge in [0, 0.05) is 24.5 Å². The molecule has 34 heavy (non-hydrogen) atoms. The minimum atomic E-state index is -0.593. The van der Waals surface area contributed by atoms with Crippen molar-refractivity contribution in [2.24, 2.45) is 5.41 Å². The summed E-state index contributed by atoms with van der Waals surface area (Å²) in [6.07, 6.45) is 2.88. The molecule has 1 saturated carbocycles. The van der Waals surface area contributed by atoms with Gasteiger partial charge in [-0.2, -0.15) is 10.3 Å². The number of rotatable bonds is 8. The Morgan fingerprint density at radius 3 is 2.50 bits per heavy atom. The average Bonchev–Trinajstić information content (AvgIpc) is 2.81. The lowest BCUT2D eigenvalue weighted by Crippen LogP contribution is -2.65. The lowest BCUT2D eigenvalue weighted by atomic mass is 9.61. The molecular weight excluding hydrogens is 452 g/mol. The molecule has 0 radical (unpaired) electrons.